The van der Waals surface area contributed by atoms with Gasteiger partial charge in [-0.25, -0.2) is 0 Å². The van der Waals surface area contributed by atoms with Crippen molar-refractivity contribution in [3.05, 3.63) is 50.6 Å². The average Bonchev–Trinajstić information content (AvgIpc) is 2.81. The first-order chi connectivity index (χ1) is 8.59. The van der Waals surface area contributed by atoms with Crippen LogP contribution < -0.4 is 5.32 Å². The predicted octanol–water partition coefficient (Wildman–Crippen LogP) is 2.33. The third-order valence-corrected chi connectivity index (χ3v) is 3.00. The van der Waals surface area contributed by atoms with Gasteiger partial charge in [0.05, 0.1) is 16.7 Å². The summed E-state index contributed by atoms with van der Waals surface area (Å²) in [4.78, 5) is 22.1. The van der Waals surface area contributed by atoms with Crippen LogP contribution in [-0.4, -0.2) is 21.0 Å². The summed E-state index contributed by atoms with van der Waals surface area (Å²) in [5.41, 5.74) is 0.0195. The number of rotatable bonds is 3. The number of halogens is 1. The Balaban J connectivity index is 2.31. The van der Waals surface area contributed by atoms with Crippen molar-refractivity contribution < 1.29 is 9.72 Å². The van der Waals surface area contributed by atoms with Gasteiger partial charge in [0, 0.05) is 12.1 Å². The van der Waals surface area contributed by atoms with E-state index in [2.05, 4.69) is 31.4 Å². The fourth-order valence-corrected chi connectivity index (χ4v) is 1.94. The molecule has 0 bridgehead atoms. The first-order valence-corrected chi connectivity index (χ1v) is 5.62. The maximum atomic E-state index is 11.9. The van der Waals surface area contributed by atoms with Crippen molar-refractivity contribution in [3.63, 3.8) is 0 Å². The van der Waals surface area contributed by atoms with Gasteiger partial charge in [0.1, 0.15) is 10.3 Å². The second-order valence-electron chi connectivity index (χ2n) is 3.32. The van der Waals surface area contributed by atoms with Gasteiger partial charge in [0.15, 0.2) is 0 Å². The Morgan fingerprint density at radius 3 is 2.83 bits per heavy atom. The molecule has 18 heavy (non-hydrogen) atoms. The standard InChI is InChI=1S/C10H7BrN4O3/c11-9-6(2-1-3-7(9)15(17)18)10(16)13-8-4-5-12-14-8/h1-5H,(H2,12,13,14,16). The van der Waals surface area contributed by atoms with Crippen LogP contribution in [0.3, 0.4) is 0 Å². The van der Waals surface area contributed by atoms with Crippen LogP contribution in [0.15, 0.2) is 34.9 Å². The summed E-state index contributed by atoms with van der Waals surface area (Å²) in [5, 5.41) is 19.5. The van der Waals surface area contributed by atoms with E-state index in [0.717, 1.165) is 0 Å². The van der Waals surface area contributed by atoms with Crippen LogP contribution in [0, 0.1) is 10.1 Å². The summed E-state index contributed by atoms with van der Waals surface area (Å²) in [6.45, 7) is 0. The minimum atomic E-state index is -0.558. The molecule has 92 valence electrons. The van der Waals surface area contributed by atoms with Gasteiger partial charge in [-0.3, -0.25) is 20.0 Å². The van der Waals surface area contributed by atoms with Gasteiger partial charge in [-0.05, 0) is 22.0 Å². The van der Waals surface area contributed by atoms with Gasteiger partial charge in [-0.15, -0.1) is 0 Å². The molecule has 0 spiro atoms. The first-order valence-electron chi connectivity index (χ1n) is 4.83. The van der Waals surface area contributed by atoms with E-state index in [1.807, 2.05) is 0 Å². The Labute approximate surface area is 109 Å². The van der Waals surface area contributed by atoms with Crippen molar-refractivity contribution in [2.45, 2.75) is 0 Å². The SMILES string of the molecule is O=C(Nc1ccn[nH]1)c1cccc([N+](=O)[O-])c1Br. The number of aromatic nitrogens is 2. The quantitative estimate of drug-likeness (QED) is 0.671. The number of carbonyl (C=O) groups excluding carboxylic acids is 1. The van der Waals surface area contributed by atoms with Gasteiger partial charge in [-0.1, -0.05) is 6.07 Å². The molecule has 2 N–H and O–H groups in total. The zero-order chi connectivity index (χ0) is 13.1. The Kier molecular flexibility index (Phi) is 3.38. The van der Waals surface area contributed by atoms with Crippen molar-refractivity contribution >= 4 is 33.3 Å². The van der Waals surface area contributed by atoms with E-state index in [0.29, 0.717) is 5.82 Å². The molecule has 8 heteroatoms. The number of carbonyl (C=O) groups is 1. The molecule has 0 saturated heterocycles. The molecule has 1 heterocycles. The van der Waals surface area contributed by atoms with Crippen LogP contribution in [0.4, 0.5) is 11.5 Å². The van der Waals surface area contributed by atoms with Gasteiger partial charge in [-0.2, -0.15) is 5.10 Å². The minimum absolute atomic E-state index is 0.145. The number of hydrogen-bond donors (Lipinski definition) is 2. The lowest BCUT2D eigenvalue weighted by atomic mass is 10.2. The minimum Gasteiger partial charge on any atom is -0.307 e. The molecule has 0 aliphatic rings. The summed E-state index contributed by atoms with van der Waals surface area (Å²) in [5.74, 6) is -0.0479. The zero-order valence-electron chi connectivity index (χ0n) is 8.88. The van der Waals surface area contributed by atoms with Crippen LogP contribution in [0.2, 0.25) is 0 Å². The maximum absolute atomic E-state index is 11.9. The largest absolute Gasteiger partial charge is 0.307 e. The molecule has 0 unspecified atom stereocenters. The molecule has 1 aromatic heterocycles. The number of H-pyrrole nitrogens is 1. The van der Waals surface area contributed by atoms with Crippen molar-refractivity contribution in [2.24, 2.45) is 0 Å². The molecule has 0 aliphatic carbocycles. The van der Waals surface area contributed by atoms with Crippen LogP contribution >= 0.6 is 15.9 Å². The summed E-state index contributed by atoms with van der Waals surface area (Å²) >= 11 is 3.06. The van der Waals surface area contributed by atoms with Gasteiger partial charge in [0.2, 0.25) is 0 Å². The lowest BCUT2D eigenvalue weighted by molar-refractivity contribution is -0.385. The lowest BCUT2D eigenvalue weighted by Gasteiger charge is -2.04. The molecule has 0 atom stereocenters. The molecule has 0 fully saturated rings. The van der Waals surface area contributed by atoms with E-state index < -0.39 is 10.8 Å². The number of nitro groups is 1. The number of nitrogens with one attached hydrogen (secondary N) is 2. The van der Waals surface area contributed by atoms with E-state index in [1.54, 1.807) is 6.07 Å². The van der Waals surface area contributed by atoms with Crippen LogP contribution in [0.1, 0.15) is 10.4 Å². The smallest absolute Gasteiger partial charge is 0.284 e. The molecule has 0 saturated carbocycles. The van der Waals surface area contributed by atoms with Crippen LogP contribution in [0.5, 0.6) is 0 Å². The van der Waals surface area contributed by atoms with Gasteiger partial charge in [0.25, 0.3) is 11.6 Å². The zero-order valence-corrected chi connectivity index (χ0v) is 10.5. The molecule has 1 aromatic carbocycles. The normalized spacial score (nSPS) is 10.1. The number of aromatic amines is 1. The van der Waals surface area contributed by atoms with E-state index in [-0.39, 0.29) is 15.7 Å². The summed E-state index contributed by atoms with van der Waals surface area (Å²) in [7, 11) is 0. The van der Waals surface area contributed by atoms with Gasteiger partial charge >= 0.3 is 0 Å². The second kappa shape index (κ2) is 4.96. The second-order valence-corrected chi connectivity index (χ2v) is 4.11. The van der Waals surface area contributed by atoms with E-state index in [9.17, 15) is 14.9 Å². The highest BCUT2D eigenvalue weighted by atomic mass is 79.9. The number of nitro benzene ring substituents is 1. The number of amides is 1. The molecular formula is C10H7BrN4O3. The Morgan fingerprint density at radius 2 is 2.22 bits per heavy atom. The third kappa shape index (κ3) is 2.38. The highest BCUT2D eigenvalue weighted by Gasteiger charge is 2.19. The molecule has 0 aliphatic heterocycles. The highest BCUT2D eigenvalue weighted by molar-refractivity contribution is 9.10. The molecule has 2 rings (SSSR count). The monoisotopic (exact) mass is 310 g/mol. The highest BCUT2D eigenvalue weighted by Crippen LogP contribution is 2.28. The topological polar surface area (TPSA) is 101 Å². The fourth-order valence-electron chi connectivity index (χ4n) is 1.35. The maximum Gasteiger partial charge on any atom is 0.284 e. The number of benzene rings is 1. The summed E-state index contributed by atoms with van der Waals surface area (Å²) in [6, 6.07) is 5.83. The van der Waals surface area contributed by atoms with Crippen LogP contribution in [-0.2, 0) is 0 Å². The first kappa shape index (κ1) is 12.2. The average molecular weight is 311 g/mol. The molecule has 0 radical (unpaired) electrons. The molecule has 7 nitrogen and oxygen atoms in total. The molecular weight excluding hydrogens is 304 g/mol. The summed E-state index contributed by atoms with van der Waals surface area (Å²) < 4.78 is 0.145. The summed E-state index contributed by atoms with van der Waals surface area (Å²) in [6.07, 6.45) is 1.48. The van der Waals surface area contributed by atoms with Crippen molar-refractivity contribution in [3.8, 4) is 0 Å². The molecule has 2 aromatic rings. The number of nitrogens with zero attached hydrogens (tertiary/aromatic N) is 2. The third-order valence-electron chi connectivity index (χ3n) is 2.17. The van der Waals surface area contributed by atoms with E-state index in [1.165, 1.54) is 24.4 Å². The molecule has 1 amide bonds. The number of anilines is 1. The lowest BCUT2D eigenvalue weighted by Crippen LogP contribution is -2.13. The Bertz CT molecular complexity index is 597. The fraction of sp³-hybridized carbons (Fsp3) is 0. The predicted molar refractivity (Wildman–Crippen MR) is 67.3 cm³/mol. The van der Waals surface area contributed by atoms with Crippen molar-refractivity contribution in [2.75, 3.05) is 5.32 Å². The van der Waals surface area contributed by atoms with Crippen molar-refractivity contribution in [1.29, 1.82) is 0 Å². The van der Waals surface area contributed by atoms with Gasteiger partial charge < -0.3 is 5.32 Å². The Morgan fingerprint density at radius 1 is 1.44 bits per heavy atom. The Hall–Kier alpha value is -2.22. The van der Waals surface area contributed by atoms with E-state index >= 15 is 0 Å². The van der Waals surface area contributed by atoms with Crippen LogP contribution in [0.25, 0.3) is 0 Å². The number of hydrogen-bond acceptors (Lipinski definition) is 4. The van der Waals surface area contributed by atoms with Crippen molar-refractivity contribution in [1.82, 2.24) is 10.2 Å². The van der Waals surface area contributed by atoms with E-state index in [4.69, 9.17) is 0 Å².